The van der Waals surface area contributed by atoms with Crippen molar-refractivity contribution in [1.29, 1.82) is 0 Å². The first-order valence-corrected chi connectivity index (χ1v) is 6.30. The van der Waals surface area contributed by atoms with E-state index in [1.807, 2.05) is 37.3 Å². The summed E-state index contributed by atoms with van der Waals surface area (Å²) in [6.07, 6.45) is 1.01. The first-order valence-electron chi connectivity index (χ1n) is 6.30. The molecule has 2 aromatic carbocycles. The van der Waals surface area contributed by atoms with Gasteiger partial charge in [0.2, 0.25) is 0 Å². The van der Waals surface area contributed by atoms with Crippen LogP contribution in [0.3, 0.4) is 0 Å². The molecule has 0 aliphatic heterocycles. The van der Waals surface area contributed by atoms with Crippen molar-refractivity contribution in [2.75, 3.05) is 0 Å². The lowest BCUT2D eigenvalue weighted by Crippen LogP contribution is -2.00. The molecule has 0 fully saturated rings. The van der Waals surface area contributed by atoms with Crippen molar-refractivity contribution in [2.45, 2.75) is 26.8 Å². The van der Waals surface area contributed by atoms with E-state index in [0.29, 0.717) is 6.54 Å². The number of nitrogens with two attached hydrogens (primary N) is 1. The Balaban J connectivity index is 2.33. The maximum absolute atomic E-state index is 5.99. The number of para-hydroxylation sites is 1. The average Bonchev–Trinajstić information content (AvgIpc) is 2.41. The van der Waals surface area contributed by atoms with E-state index in [-0.39, 0.29) is 0 Å². The Kier molecular flexibility index (Phi) is 4.00. The van der Waals surface area contributed by atoms with Gasteiger partial charge in [-0.3, -0.25) is 0 Å². The van der Waals surface area contributed by atoms with Crippen LogP contribution >= 0.6 is 0 Å². The van der Waals surface area contributed by atoms with E-state index in [0.717, 1.165) is 29.0 Å². The predicted octanol–water partition coefficient (Wildman–Crippen LogP) is 3.81. The van der Waals surface area contributed by atoms with Gasteiger partial charge in [0.05, 0.1) is 0 Å². The molecule has 0 aromatic heterocycles. The molecule has 2 aromatic rings. The van der Waals surface area contributed by atoms with Gasteiger partial charge in [0.15, 0.2) is 0 Å². The van der Waals surface area contributed by atoms with E-state index >= 15 is 0 Å². The number of ether oxygens (including phenoxy) is 1. The minimum atomic E-state index is 0.491. The second-order valence-electron chi connectivity index (χ2n) is 4.37. The van der Waals surface area contributed by atoms with Crippen LogP contribution in [0.5, 0.6) is 11.5 Å². The largest absolute Gasteiger partial charge is 0.457 e. The summed E-state index contributed by atoms with van der Waals surface area (Å²) in [5, 5.41) is 0. The van der Waals surface area contributed by atoms with E-state index < -0.39 is 0 Å². The molecule has 0 radical (unpaired) electrons. The third kappa shape index (κ3) is 2.71. The molecule has 0 bridgehead atoms. The van der Waals surface area contributed by atoms with Crippen molar-refractivity contribution in [1.82, 2.24) is 0 Å². The second kappa shape index (κ2) is 5.69. The van der Waals surface area contributed by atoms with Crippen LogP contribution in [0.2, 0.25) is 0 Å². The Bertz CT molecular complexity index is 534. The van der Waals surface area contributed by atoms with E-state index in [9.17, 15) is 0 Å². The lowest BCUT2D eigenvalue weighted by molar-refractivity contribution is 0.472. The molecule has 0 saturated carbocycles. The van der Waals surface area contributed by atoms with Crippen LogP contribution in [0.25, 0.3) is 0 Å². The summed E-state index contributed by atoms with van der Waals surface area (Å²) < 4.78 is 5.99. The Morgan fingerprint density at radius 2 is 1.89 bits per heavy atom. The fraction of sp³-hybridized carbons (Fsp3) is 0.250. The summed E-state index contributed by atoms with van der Waals surface area (Å²) in [4.78, 5) is 0. The zero-order valence-electron chi connectivity index (χ0n) is 10.9. The zero-order chi connectivity index (χ0) is 13.0. The quantitative estimate of drug-likeness (QED) is 0.883. The van der Waals surface area contributed by atoms with Crippen molar-refractivity contribution < 1.29 is 4.74 Å². The van der Waals surface area contributed by atoms with Gasteiger partial charge in [-0.05, 0) is 36.6 Å². The Labute approximate surface area is 108 Å². The van der Waals surface area contributed by atoms with E-state index in [4.69, 9.17) is 10.5 Å². The summed E-state index contributed by atoms with van der Waals surface area (Å²) >= 11 is 0. The molecule has 2 heteroatoms. The minimum Gasteiger partial charge on any atom is -0.457 e. The number of benzene rings is 2. The highest BCUT2D eigenvalue weighted by Gasteiger charge is 2.07. The highest BCUT2D eigenvalue weighted by molar-refractivity contribution is 5.44. The highest BCUT2D eigenvalue weighted by Crippen LogP contribution is 2.29. The van der Waals surface area contributed by atoms with Crippen LogP contribution in [-0.2, 0) is 13.0 Å². The second-order valence-corrected chi connectivity index (χ2v) is 4.37. The van der Waals surface area contributed by atoms with Crippen molar-refractivity contribution in [2.24, 2.45) is 5.73 Å². The molecular weight excluding hydrogens is 222 g/mol. The van der Waals surface area contributed by atoms with Crippen molar-refractivity contribution in [3.63, 3.8) is 0 Å². The minimum absolute atomic E-state index is 0.491. The number of hydrogen-bond donors (Lipinski definition) is 1. The maximum atomic E-state index is 5.99. The van der Waals surface area contributed by atoms with E-state index in [1.54, 1.807) is 0 Å². The normalized spacial score (nSPS) is 10.4. The Morgan fingerprint density at radius 1 is 1.11 bits per heavy atom. The van der Waals surface area contributed by atoms with Gasteiger partial charge in [-0.25, -0.2) is 0 Å². The first kappa shape index (κ1) is 12.7. The van der Waals surface area contributed by atoms with Crippen LogP contribution in [-0.4, -0.2) is 0 Å². The molecule has 94 valence electrons. The lowest BCUT2D eigenvalue weighted by Gasteiger charge is -2.13. The Hall–Kier alpha value is -1.80. The summed E-state index contributed by atoms with van der Waals surface area (Å²) in [5.41, 5.74) is 9.17. The molecule has 2 N–H and O–H groups in total. The van der Waals surface area contributed by atoms with Gasteiger partial charge in [-0.1, -0.05) is 37.3 Å². The SMILES string of the molecule is CCc1cccc(Oc2c(C)cccc2CN)c1. The summed E-state index contributed by atoms with van der Waals surface area (Å²) in [6, 6.07) is 14.2. The maximum Gasteiger partial charge on any atom is 0.134 e. The topological polar surface area (TPSA) is 35.2 Å². The lowest BCUT2D eigenvalue weighted by atomic mass is 10.1. The highest BCUT2D eigenvalue weighted by atomic mass is 16.5. The smallest absolute Gasteiger partial charge is 0.134 e. The third-order valence-corrected chi connectivity index (χ3v) is 3.04. The third-order valence-electron chi connectivity index (χ3n) is 3.04. The van der Waals surface area contributed by atoms with Gasteiger partial charge in [-0.2, -0.15) is 0 Å². The van der Waals surface area contributed by atoms with Crippen LogP contribution in [0, 0.1) is 6.92 Å². The molecule has 18 heavy (non-hydrogen) atoms. The van der Waals surface area contributed by atoms with Gasteiger partial charge < -0.3 is 10.5 Å². The van der Waals surface area contributed by atoms with Gasteiger partial charge in [0.25, 0.3) is 0 Å². The molecular formula is C16H19NO. The van der Waals surface area contributed by atoms with Crippen LogP contribution < -0.4 is 10.5 Å². The summed E-state index contributed by atoms with van der Waals surface area (Å²) in [7, 11) is 0. The molecule has 0 saturated heterocycles. The number of hydrogen-bond acceptors (Lipinski definition) is 2. The van der Waals surface area contributed by atoms with Crippen LogP contribution in [0.15, 0.2) is 42.5 Å². The fourth-order valence-corrected chi connectivity index (χ4v) is 1.97. The van der Waals surface area contributed by atoms with Gasteiger partial charge in [0.1, 0.15) is 11.5 Å². The summed E-state index contributed by atoms with van der Waals surface area (Å²) in [6.45, 7) is 4.67. The average molecular weight is 241 g/mol. The van der Waals surface area contributed by atoms with Gasteiger partial charge in [0, 0.05) is 12.1 Å². The summed E-state index contributed by atoms with van der Waals surface area (Å²) in [5.74, 6) is 1.76. The zero-order valence-corrected chi connectivity index (χ0v) is 10.9. The van der Waals surface area contributed by atoms with Crippen LogP contribution in [0.4, 0.5) is 0 Å². The number of rotatable bonds is 4. The molecule has 0 aliphatic carbocycles. The Morgan fingerprint density at radius 3 is 2.61 bits per heavy atom. The molecule has 2 nitrogen and oxygen atoms in total. The van der Waals surface area contributed by atoms with E-state index in [2.05, 4.69) is 19.1 Å². The molecule has 0 unspecified atom stereocenters. The van der Waals surface area contributed by atoms with Crippen molar-refractivity contribution in [3.05, 3.63) is 59.2 Å². The van der Waals surface area contributed by atoms with E-state index in [1.165, 1.54) is 5.56 Å². The molecule has 0 aliphatic rings. The van der Waals surface area contributed by atoms with Gasteiger partial charge >= 0.3 is 0 Å². The molecule has 0 atom stereocenters. The standard InChI is InChI=1S/C16H19NO/c1-3-13-7-5-9-15(10-13)18-16-12(2)6-4-8-14(16)11-17/h4-10H,3,11,17H2,1-2H3. The first-order chi connectivity index (χ1) is 8.74. The molecule has 0 heterocycles. The van der Waals surface area contributed by atoms with Crippen molar-refractivity contribution >= 4 is 0 Å². The molecule has 2 rings (SSSR count). The van der Waals surface area contributed by atoms with Crippen molar-refractivity contribution in [3.8, 4) is 11.5 Å². The van der Waals surface area contributed by atoms with Crippen LogP contribution in [0.1, 0.15) is 23.6 Å². The predicted molar refractivity (Wildman–Crippen MR) is 75.0 cm³/mol. The van der Waals surface area contributed by atoms with Gasteiger partial charge in [-0.15, -0.1) is 0 Å². The number of aryl methyl sites for hydroxylation is 2. The molecule has 0 amide bonds. The monoisotopic (exact) mass is 241 g/mol. The molecule has 0 spiro atoms. The fourth-order valence-electron chi connectivity index (χ4n) is 1.97.